The van der Waals surface area contributed by atoms with Crippen molar-refractivity contribution < 1.29 is 5.11 Å². The van der Waals surface area contributed by atoms with E-state index in [1.54, 1.807) is 6.07 Å². The fraction of sp³-hybridized carbons (Fsp3) is 0.538. The van der Waals surface area contributed by atoms with Crippen LogP contribution in [0.1, 0.15) is 43.5 Å². The van der Waals surface area contributed by atoms with Crippen LogP contribution in [0, 0.1) is 19.3 Å². The van der Waals surface area contributed by atoms with Gasteiger partial charge in [0.25, 0.3) is 0 Å². The van der Waals surface area contributed by atoms with Crippen LogP contribution in [0.3, 0.4) is 0 Å². The predicted octanol–water partition coefficient (Wildman–Crippen LogP) is 3.82. The Bertz CT molecular complexity index is 407. The van der Waals surface area contributed by atoms with E-state index >= 15 is 0 Å². The fourth-order valence-electron chi connectivity index (χ4n) is 1.78. The summed E-state index contributed by atoms with van der Waals surface area (Å²) in [5.41, 5.74) is 9.03. The molecule has 1 aromatic carbocycles. The molecule has 3 heteroatoms. The molecule has 0 saturated heterocycles. The van der Waals surface area contributed by atoms with Gasteiger partial charge in [0.2, 0.25) is 0 Å². The summed E-state index contributed by atoms with van der Waals surface area (Å²) in [5.74, 6) is 0.292. The molecule has 0 aliphatic rings. The number of hydrogen-bond acceptors (Lipinski definition) is 2. The van der Waals surface area contributed by atoms with Crippen LogP contribution < -0.4 is 5.73 Å². The first-order chi connectivity index (χ1) is 7.16. The molecule has 1 atom stereocenters. The van der Waals surface area contributed by atoms with Crippen molar-refractivity contribution in [2.75, 3.05) is 0 Å². The van der Waals surface area contributed by atoms with Crippen molar-refractivity contribution in [3.63, 3.8) is 0 Å². The summed E-state index contributed by atoms with van der Waals surface area (Å²) in [4.78, 5) is 0. The van der Waals surface area contributed by atoms with Crippen LogP contribution in [0.2, 0.25) is 0 Å². The van der Waals surface area contributed by atoms with Gasteiger partial charge in [0, 0.05) is 16.1 Å². The predicted molar refractivity (Wildman–Crippen MR) is 71.7 cm³/mol. The first-order valence-electron chi connectivity index (χ1n) is 5.40. The zero-order valence-corrected chi connectivity index (χ0v) is 12.1. The minimum Gasteiger partial charge on any atom is -0.508 e. The lowest BCUT2D eigenvalue weighted by Gasteiger charge is -2.30. The molecule has 1 unspecified atom stereocenters. The molecule has 0 aliphatic carbocycles. The molecule has 90 valence electrons. The van der Waals surface area contributed by atoms with Gasteiger partial charge in [-0.3, -0.25) is 0 Å². The van der Waals surface area contributed by atoms with Crippen LogP contribution in [0.15, 0.2) is 10.5 Å². The van der Waals surface area contributed by atoms with Crippen molar-refractivity contribution in [3.05, 3.63) is 27.2 Å². The van der Waals surface area contributed by atoms with Crippen molar-refractivity contribution in [1.29, 1.82) is 0 Å². The summed E-state index contributed by atoms with van der Waals surface area (Å²) < 4.78 is 1.03. The highest BCUT2D eigenvalue weighted by Crippen LogP contribution is 2.40. The third-order valence-corrected chi connectivity index (χ3v) is 4.17. The molecule has 0 amide bonds. The second-order valence-corrected chi connectivity index (χ2v) is 6.20. The van der Waals surface area contributed by atoms with E-state index in [1.807, 2.05) is 13.8 Å². The zero-order chi connectivity index (χ0) is 12.7. The molecular formula is C13H20BrNO. The topological polar surface area (TPSA) is 46.2 Å². The third kappa shape index (κ3) is 2.41. The monoisotopic (exact) mass is 285 g/mol. The Labute approximate surface area is 106 Å². The maximum atomic E-state index is 10.0. The first-order valence-corrected chi connectivity index (χ1v) is 6.19. The molecule has 16 heavy (non-hydrogen) atoms. The number of rotatable bonds is 1. The Morgan fingerprint density at radius 1 is 1.31 bits per heavy atom. The van der Waals surface area contributed by atoms with Gasteiger partial charge >= 0.3 is 0 Å². The number of halogens is 1. The highest BCUT2D eigenvalue weighted by Gasteiger charge is 2.27. The molecule has 0 aromatic heterocycles. The molecule has 0 bridgehead atoms. The van der Waals surface area contributed by atoms with Crippen LogP contribution in [0.5, 0.6) is 5.75 Å². The minimum atomic E-state index is -0.176. The molecule has 0 spiro atoms. The van der Waals surface area contributed by atoms with Crippen molar-refractivity contribution in [3.8, 4) is 5.75 Å². The molecule has 0 radical (unpaired) electrons. The highest BCUT2D eigenvalue weighted by molar-refractivity contribution is 9.10. The van der Waals surface area contributed by atoms with Crippen molar-refractivity contribution in [2.45, 2.75) is 40.7 Å². The van der Waals surface area contributed by atoms with Crippen molar-refractivity contribution >= 4 is 15.9 Å². The van der Waals surface area contributed by atoms with Gasteiger partial charge in [-0.1, -0.05) is 36.7 Å². The number of aryl methyl sites for hydroxylation is 1. The Morgan fingerprint density at radius 3 is 2.25 bits per heavy atom. The quantitative estimate of drug-likeness (QED) is 0.824. The lowest BCUT2D eigenvalue weighted by atomic mass is 9.81. The molecular weight excluding hydrogens is 266 g/mol. The van der Waals surface area contributed by atoms with Gasteiger partial charge in [0.05, 0.1) is 0 Å². The lowest BCUT2D eigenvalue weighted by Crippen LogP contribution is -2.27. The number of phenolic OH excluding ortho intramolecular Hbond substituents is 1. The van der Waals surface area contributed by atoms with E-state index in [4.69, 9.17) is 5.73 Å². The van der Waals surface area contributed by atoms with E-state index < -0.39 is 0 Å². The minimum absolute atomic E-state index is 0.0725. The largest absolute Gasteiger partial charge is 0.508 e. The molecule has 0 aliphatic heterocycles. The number of benzene rings is 1. The number of aromatic hydroxyl groups is 1. The lowest BCUT2D eigenvalue weighted by molar-refractivity contribution is 0.316. The average Bonchev–Trinajstić information content (AvgIpc) is 2.13. The van der Waals surface area contributed by atoms with Crippen LogP contribution in [0.25, 0.3) is 0 Å². The first kappa shape index (κ1) is 13.5. The molecule has 0 fully saturated rings. The van der Waals surface area contributed by atoms with Crippen LogP contribution >= 0.6 is 15.9 Å². The molecule has 3 N–H and O–H groups in total. The van der Waals surface area contributed by atoms with E-state index in [9.17, 15) is 5.11 Å². The van der Waals surface area contributed by atoms with Crippen LogP contribution in [0.4, 0.5) is 0 Å². The van der Waals surface area contributed by atoms with Crippen molar-refractivity contribution in [1.82, 2.24) is 0 Å². The Morgan fingerprint density at radius 2 is 1.81 bits per heavy atom. The standard InChI is InChI=1S/C13H20BrNO/c1-7-6-9(16)10(8(2)11(7)14)12(15)13(3,4)5/h6,12,16H,15H2,1-5H3. The Hall–Kier alpha value is -0.540. The smallest absolute Gasteiger partial charge is 0.120 e. The Balaban J connectivity index is 3.40. The van der Waals surface area contributed by atoms with Gasteiger partial charge in [-0.2, -0.15) is 0 Å². The molecule has 0 heterocycles. The maximum Gasteiger partial charge on any atom is 0.120 e. The third-order valence-electron chi connectivity index (χ3n) is 2.95. The zero-order valence-electron chi connectivity index (χ0n) is 10.6. The van der Waals surface area contributed by atoms with E-state index in [2.05, 4.69) is 36.7 Å². The summed E-state index contributed by atoms with van der Waals surface area (Å²) in [6, 6.07) is 1.59. The maximum absolute atomic E-state index is 10.0. The summed E-state index contributed by atoms with van der Waals surface area (Å²) in [5, 5.41) is 10.0. The molecule has 0 saturated carbocycles. The summed E-state index contributed by atoms with van der Waals surface area (Å²) in [6.07, 6.45) is 0. The molecule has 1 rings (SSSR count). The van der Waals surface area contributed by atoms with Gasteiger partial charge in [0.1, 0.15) is 5.75 Å². The molecule has 1 aromatic rings. The van der Waals surface area contributed by atoms with Gasteiger partial charge in [0.15, 0.2) is 0 Å². The number of phenols is 1. The van der Waals surface area contributed by atoms with Crippen LogP contribution in [-0.4, -0.2) is 5.11 Å². The van der Waals surface area contributed by atoms with Gasteiger partial charge in [-0.25, -0.2) is 0 Å². The van der Waals surface area contributed by atoms with E-state index in [0.717, 1.165) is 21.2 Å². The van der Waals surface area contributed by atoms with Gasteiger partial charge < -0.3 is 10.8 Å². The van der Waals surface area contributed by atoms with Crippen molar-refractivity contribution in [2.24, 2.45) is 11.1 Å². The van der Waals surface area contributed by atoms with E-state index in [1.165, 1.54) is 0 Å². The average molecular weight is 286 g/mol. The second kappa shape index (κ2) is 4.38. The van der Waals surface area contributed by atoms with Crippen LogP contribution in [-0.2, 0) is 0 Å². The SMILES string of the molecule is Cc1cc(O)c(C(N)C(C)(C)C)c(C)c1Br. The van der Waals surface area contributed by atoms with E-state index in [-0.39, 0.29) is 11.5 Å². The second-order valence-electron chi connectivity index (χ2n) is 5.41. The molecule has 2 nitrogen and oxygen atoms in total. The summed E-state index contributed by atoms with van der Waals surface area (Å²) in [6.45, 7) is 10.2. The van der Waals surface area contributed by atoms with E-state index in [0.29, 0.717) is 5.75 Å². The van der Waals surface area contributed by atoms with Gasteiger partial charge in [-0.15, -0.1) is 0 Å². The van der Waals surface area contributed by atoms with Gasteiger partial charge in [-0.05, 0) is 36.5 Å². The summed E-state index contributed by atoms with van der Waals surface area (Å²) >= 11 is 3.53. The normalized spacial score (nSPS) is 13.9. The number of nitrogens with two attached hydrogens (primary N) is 1. The Kier molecular flexibility index (Phi) is 3.70. The highest BCUT2D eigenvalue weighted by atomic mass is 79.9. The number of hydrogen-bond donors (Lipinski definition) is 2. The fourth-order valence-corrected chi connectivity index (χ4v) is 2.11. The summed E-state index contributed by atoms with van der Waals surface area (Å²) in [7, 11) is 0.